The van der Waals surface area contributed by atoms with Gasteiger partial charge in [-0.3, -0.25) is 0 Å². The van der Waals surface area contributed by atoms with Crippen LogP contribution in [0.15, 0.2) is 11.6 Å². The van der Waals surface area contributed by atoms with Crippen molar-refractivity contribution in [1.29, 1.82) is 0 Å². The first-order chi connectivity index (χ1) is 46.9. The van der Waals surface area contributed by atoms with Crippen LogP contribution in [-0.2, 0) is 56.8 Å². The summed E-state index contributed by atoms with van der Waals surface area (Å²) in [5, 5.41) is 239. The molecule has 34 heteroatoms. The van der Waals surface area contributed by atoms with Gasteiger partial charge in [0.05, 0.1) is 63.6 Å². The van der Waals surface area contributed by atoms with E-state index in [1.54, 1.807) is 0 Å². The molecule has 1 unspecified atom stereocenters. The van der Waals surface area contributed by atoms with E-state index in [4.69, 9.17) is 56.8 Å². The number of rotatable bonds is 23. The maximum absolute atomic E-state index is 13.0. The normalized spacial score (nSPS) is 52.1. The molecule has 6 saturated heterocycles. The first kappa shape index (κ1) is 80.9. The maximum Gasteiger partial charge on any atom is 0.187 e. The number of hydrogen-bond donors (Lipinski definition) is 22. The van der Waals surface area contributed by atoms with Gasteiger partial charge in [0, 0.05) is 10.8 Å². The number of hydrogen-bond acceptors (Lipinski definition) is 34. The molecule has 580 valence electrons. The summed E-state index contributed by atoms with van der Waals surface area (Å²) in [7, 11) is 0. The Balaban J connectivity index is 0.853. The van der Waals surface area contributed by atoms with Gasteiger partial charge >= 0.3 is 0 Å². The Hall–Kier alpha value is -1.62. The summed E-state index contributed by atoms with van der Waals surface area (Å²) < 4.78 is 72.0. The average molecular weight is 1450 g/mol. The highest BCUT2D eigenvalue weighted by Crippen LogP contribution is 2.75. The Labute approximate surface area is 579 Å². The molecule has 0 aromatic carbocycles. The first-order valence-corrected chi connectivity index (χ1v) is 35.1. The molecule has 10 rings (SSSR count). The third kappa shape index (κ3) is 14.8. The molecule has 100 heavy (non-hydrogen) atoms. The lowest BCUT2D eigenvalue weighted by Gasteiger charge is -2.67. The van der Waals surface area contributed by atoms with Crippen molar-refractivity contribution >= 4 is 0 Å². The molecule has 0 aromatic rings. The van der Waals surface area contributed by atoms with Crippen molar-refractivity contribution in [1.82, 2.24) is 0 Å². The molecule has 0 spiro atoms. The van der Waals surface area contributed by atoms with Crippen molar-refractivity contribution in [2.45, 2.75) is 315 Å². The minimum absolute atomic E-state index is 0.00756. The van der Waals surface area contributed by atoms with Gasteiger partial charge in [-0.25, -0.2) is 0 Å². The van der Waals surface area contributed by atoms with E-state index in [2.05, 4.69) is 33.8 Å². The van der Waals surface area contributed by atoms with Crippen molar-refractivity contribution < 1.29 is 169 Å². The lowest BCUT2D eigenvalue weighted by molar-refractivity contribution is -0.380. The molecule has 0 bridgehead atoms. The molecule has 0 radical (unpaired) electrons. The SMILES string of the molecule is C[C@H](CC[C@@H](O[C@@H]1O[C@H](CO[C@@H]2O[C@H](CO)[C@@H](O)[C@H](O)[C@H]2O)[C@@H](O)[C@H](O)[C@H]1O[C@@H]1O[C@H](CO)[C@@H](O)[C@H](O)[C@H]1O)C(C)(C)O)[C@H]1CC[C@@]2(C)[C@@H]3CC=C4C(CC[C@H](O[C@@H]5O[C@H](CO[C@@H]6O[C@H](CO)[C@@H](O)[C@H](O)[C@H]6O)[C@@H](O)[C@H](O)[C@H]5O[C@@H]5O[C@H](CO)[C@@H](O)[C@H](O)[C@H]5O)C4(C)C)[C@]3(C)[C@H](O)C[C@]12C. The van der Waals surface area contributed by atoms with E-state index in [0.717, 1.165) is 18.4 Å². The smallest absolute Gasteiger partial charge is 0.187 e. The van der Waals surface area contributed by atoms with Crippen LogP contribution in [0.2, 0.25) is 0 Å². The second-order valence-corrected chi connectivity index (χ2v) is 31.5. The monoisotopic (exact) mass is 1450 g/mol. The largest absolute Gasteiger partial charge is 0.394 e. The topological polar surface area (TPSA) is 556 Å². The fraction of sp³-hybridized carbons (Fsp3) is 0.970. The van der Waals surface area contributed by atoms with Crippen molar-refractivity contribution in [3.63, 3.8) is 0 Å². The third-order valence-corrected chi connectivity index (χ3v) is 25.0. The van der Waals surface area contributed by atoms with E-state index in [1.807, 2.05) is 13.8 Å². The molecule has 0 amide bonds. The fourth-order valence-corrected chi connectivity index (χ4v) is 18.5. The van der Waals surface area contributed by atoms with E-state index >= 15 is 0 Å². The third-order valence-electron chi connectivity index (χ3n) is 25.0. The highest BCUT2D eigenvalue weighted by atomic mass is 16.8. The van der Waals surface area contributed by atoms with Gasteiger partial charge in [-0.15, -0.1) is 0 Å². The Bertz CT molecular complexity index is 2670. The number of ether oxygens (including phenoxy) is 12. The van der Waals surface area contributed by atoms with Crippen LogP contribution in [0, 0.1) is 45.3 Å². The van der Waals surface area contributed by atoms with E-state index in [-0.39, 0.29) is 35.5 Å². The molecule has 40 atom stereocenters. The van der Waals surface area contributed by atoms with Crippen molar-refractivity contribution in [3.05, 3.63) is 11.6 Å². The molecule has 22 N–H and O–H groups in total. The van der Waals surface area contributed by atoms with Crippen LogP contribution >= 0.6 is 0 Å². The Morgan fingerprint density at radius 1 is 0.460 bits per heavy atom. The predicted octanol–water partition coefficient (Wildman–Crippen LogP) is -7.58. The van der Waals surface area contributed by atoms with Gasteiger partial charge in [0.25, 0.3) is 0 Å². The van der Waals surface area contributed by atoms with E-state index in [1.165, 1.54) is 13.8 Å². The molecular weight excluding hydrogens is 1340 g/mol. The minimum Gasteiger partial charge on any atom is -0.394 e. The van der Waals surface area contributed by atoms with Gasteiger partial charge in [-0.05, 0) is 99.7 Å². The van der Waals surface area contributed by atoms with Crippen LogP contribution in [0.1, 0.15) is 107 Å². The van der Waals surface area contributed by atoms with Crippen molar-refractivity contribution in [2.75, 3.05) is 39.6 Å². The molecule has 34 nitrogen and oxygen atoms in total. The molecule has 4 aliphatic carbocycles. The highest BCUT2D eigenvalue weighted by molar-refractivity contribution is 5.32. The molecule has 6 heterocycles. The van der Waals surface area contributed by atoms with Crippen LogP contribution in [0.3, 0.4) is 0 Å². The van der Waals surface area contributed by atoms with Crippen LogP contribution in [-0.4, -0.2) is 360 Å². The minimum atomic E-state index is -1.99. The molecule has 6 aliphatic heterocycles. The van der Waals surface area contributed by atoms with Crippen LogP contribution < -0.4 is 0 Å². The zero-order chi connectivity index (χ0) is 73.5. The van der Waals surface area contributed by atoms with Gasteiger partial charge in [0.15, 0.2) is 37.7 Å². The maximum atomic E-state index is 13.0. The lowest BCUT2D eigenvalue weighted by Crippen LogP contribution is -2.66. The van der Waals surface area contributed by atoms with Crippen LogP contribution in [0.4, 0.5) is 0 Å². The number of allylic oxidation sites excluding steroid dienone is 1. The van der Waals surface area contributed by atoms with Crippen LogP contribution in [0.5, 0.6) is 0 Å². The molecule has 3 saturated carbocycles. The summed E-state index contributed by atoms with van der Waals surface area (Å²) in [5.74, 6) is -0.322. The Morgan fingerprint density at radius 2 is 0.860 bits per heavy atom. The van der Waals surface area contributed by atoms with Crippen molar-refractivity contribution in [2.24, 2.45) is 45.3 Å². The number of aliphatic hydroxyl groups excluding tert-OH is 21. The van der Waals surface area contributed by atoms with Gasteiger partial charge in [0.1, 0.15) is 146 Å². The summed E-state index contributed by atoms with van der Waals surface area (Å²) in [6.45, 7) is 11.3. The second kappa shape index (κ2) is 31.5. The summed E-state index contributed by atoms with van der Waals surface area (Å²) >= 11 is 0. The molecule has 10 aliphatic rings. The summed E-state index contributed by atoms with van der Waals surface area (Å²) in [6.07, 6.45) is -48.7. The lowest BCUT2D eigenvalue weighted by atomic mass is 9.38. The standard InChI is InChI=1S/C66H112O34/c1-24(9-13-37(63(4,5)88)98-61-55(100-59-53(87)47(81)41(75)31(21-70)94-59)49(83)43(77)33(96-61)23-90-57-51(85)45(79)39(73)29(19-68)92-57)25-15-16-64(6)34-12-10-26-27(66(34,8)35(71)17-65(25,64)7)11-14-36(62(26,2)3)97-60-54(99-58-52(86)46(80)40(74)30(20-69)93-58)48(82)42(76)32(95-60)22-89-56-50(84)44(78)38(72)28(18-67)91-56/h10,24-25,27-61,67-88H,9,11-23H2,1-8H3/t24-,25-,27?,28-,29-,30-,31-,32-,33-,34+,35-,36+,37-,38-,39-,40-,41-,42-,43-,44+,45+,46+,47+,48+,49+,50-,51-,52-,53-,54-,55-,56-,57-,58+,59+,60+,61+,64+,65-,66+/m1/s1. The second-order valence-electron chi connectivity index (χ2n) is 31.5. The van der Waals surface area contributed by atoms with E-state index in [0.29, 0.717) is 32.1 Å². The van der Waals surface area contributed by atoms with Gasteiger partial charge in [0.2, 0.25) is 0 Å². The summed E-state index contributed by atoms with van der Waals surface area (Å²) in [5.41, 5.74) is -3.02. The zero-order valence-corrected chi connectivity index (χ0v) is 57.6. The van der Waals surface area contributed by atoms with Gasteiger partial charge in [-0.1, -0.05) is 53.2 Å². The number of fused-ring (bicyclic) bond motifs is 5. The predicted molar refractivity (Wildman–Crippen MR) is 333 cm³/mol. The highest BCUT2D eigenvalue weighted by Gasteiger charge is 2.71. The summed E-state index contributed by atoms with van der Waals surface area (Å²) in [4.78, 5) is 0. The molecule has 0 aromatic heterocycles. The van der Waals surface area contributed by atoms with Gasteiger partial charge < -0.3 is 169 Å². The van der Waals surface area contributed by atoms with E-state index in [9.17, 15) is 112 Å². The van der Waals surface area contributed by atoms with Gasteiger partial charge in [-0.2, -0.15) is 0 Å². The Kier molecular flexibility index (Phi) is 25.5. The Morgan fingerprint density at radius 3 is 1.30 bits per heavy atom. The van der Waals surface area contributed by atoms with E-state index < -0.39 is 264 Å². The summed E-state index contributed by atoms with van der Waals surface area (Å²) in [6, 6.07) is 0. The number of aliphatic hydroxyl groups is 22. The first-order valence-electron chi connectivity index (χ1n) is 35.1. The quantitative estimate of drug-likeness (QED) is 0.0423. The van der Waals surface area contributed by atoms with Crippen molar-refractivity contribution in [3.8, 4) is 0 Å². The fourth-order valence-electron chi connectivity index (χ4n) is 18.5. The average Bonchev–Trinajstić information content (AvgIpc) is 1.33. The molecular formula is C66H112O34. The zero-order valence-electron chi connectivity index (χ0n) is 57.6. The molecule has 9 fully saturated rings. The van der Waals surface area contributed by atoms with Crippen LogP contribution in [0.25, 0.3) is 0 Å².